The van der Waals surface area contributed by atoms with Crippen LogP contribution in [-0.4, -0.2) is 60.3 Å². The summed E-state index contributed by atoms with van der Waals surface area (Å²) in [6, 6.07) is 9.66. The highest BCUT2D eigenvalue weighted by Crippen LogP contribution is 2.34. The van der Waals surface area contributed by atoms with Crippen molar-refractivity contribution in [2.45, 2.75) is 25.0 Å². The Bertz CT molecular complexity index is 910. The third-order valence-electron chi connectivity index (χ3n) is 6.03. The van der Waals surface area contributed by atoms with Crippen LogP contribution >= 0.6 is 0 Å². The Morgan fingerprint density at radius 2 is 1.86 bits per heavy atom. The molecule has 2 amide bonds. The molecule has 146 valence electrons. The normalized spacial score (nSPS) is 24.4. The molecule has 3 aliphatic heterocycles. The van der Waals surface area contributed by atoms with Gasteiger partial charge in [0.05, 0.1) is 30.3 Å². The zero-order chi connectivity index (χ0) is 19.1. The number of carbonyl (C=O) groups is 2. The molecule has 4 heterocycles. The maximum atomic E-state index is 13.0. The minimum atomic E-state index is -0.497. The molecular formula is C21H23N3O4. The molecule has 3 aliphatic rings. The summed E-state index contributed by atoms with van der Waals surface area (Å²) in [5, 5.41) is 0.987. The van der Waals surface area contributed by atoms with E-state index in [1.54, 1.807) is 11.1 Å². The molecule has 7 nitrogen and oxygen atoms in total. The Balaban J connectivity index is 1.30. The van der Waals surface area contributed by atoms with Crippen LogP contribution in [-0.2, 0) is 19.1 Å². The molecule has 0 N–H and O–H groups in total. The Kier molecular flexibility index (Phi) is 4.29. The van der Waals surface area contributed by atoms with Gasteiger partial charge in [-0.1, -0.05) is 18.2 Å². The summed E-state index contributed by atoms with van der Waals surface area (Å²) in [5.41, 5.74) is 1.57. The molecule has 28 heavy (non-hydrogen) atoms. The number of rotatable bonds is 2. The number of fused-ring (bicyclic) bond motifs is 1. The smallest absolute Gasteiger partial charge is 0.228 e. The van der Waals surface area contributed by atoms with E-state index in [9.17, 15) is 9.59 Å². The monoisotopic (exact) mass is 381 g/mol. The predicted octanol–water partition coefficient (Wildman–Crippen LogP) is 1.95. The lowest BCUT2D eigenvalue weighted by Gasteiger charge is -2.38. The average Bonchev–Trinajstić information content (AvgIpc) is 3.34. The third kappa shape index (κ3) is 2.95. The van der Waals surface area contributed by atoms with Crippen molar-refractivity contribution in [3.05, 3.63) is 36.5 Å². The second kappa shape index (κ2) is 6.83. The fraction of sp³-hybridized carbons (Fsp3) is 0.476. The molecule has 5 rings (SSSR count). The maximum Gasteiger partial charge on any atom is 0.228 e. The van der Waals surface area contributed by atoms with E-state index in [0.717, 1.165) is 16.6 Å². The van der Waals surface area contributed by atoms with Gasteiger partial charge in [-0.3, -0.25) is 14.6 Å². The van der Waals surface area contributed by atoms with Crippen molar-refractivity contribution in [3.8, 4) is 0 Å². The number of benzene rings is 1. The highest BCUT2D eigenvalue weighted by Gasteiger charge is 2.43. The van der Waals surface area contributed by atoms with Crippen LogP contribution in [0.4, 0.5) is 5.69 Å². The van der Waals surface area contributed by atoms with Gasteiger partial charge >= 0.3 is 0 Å². The lowest BCUT2D eigenvalue weighted by molar-refractivity contribution is -0.188. The third-order valence-corrected chi connectivity index (χ3v) is 6.03. The fourth-order valence-corrected chi connectivity index (χ4v) is 4.52. The second-order valence-electron chi connectivity index (χ2n) is 7.69. The van der Waals surface area contributed by atoms with E-state index in [1.165, 1.54) is 0 Å². The first kappa shape index (κ1) is 17.6. The van der Waals surface area contributed by atoms with Crippen LogP contribution in [0.15, 0.2) is 36.5 Å². The molecule has 2 aromatic rings. The molecule has 1 aromatic carbocycles. The Morgan fingerprint density at radius 3 is 2.64 bits per heavy atom. The summed E-state index contributed by atoms with van der Waals surface area (Å²) in [6.45, 7) is 2.87. The fourth-order valence-electron chi connectivity index (χ4n) is 4.52. The van der Waals surface area contributed by atoms with Crippen molar-refractivity contribution in [1.82, 2.24) is 9.88 Å². The molecule has 1 aromatic heterocycles. The molecule has 1 spiro atoms. The van der Waals surface area contributed by atoms with Crippen LogP contribution in [0.2, 0.25) is 0 Å². The van der Waals surface area contributed by atoms with Gasteiger partial charge in [0.2, 0.25) is 11.8 Å². The molecular weight excluding hydrogens is 358 g/mol. The highest BCUT2D eigenvalue weighted by atomic mass is 16.7. The van der Waals surface area contributed by atoms with Crippen LogP contribution < -0.4 is 4.90 Å². The zero-order valence-electron chi connectivity index (χ0n) is 15.7. The van der Waals surface area contributed by atoms with Crippen molar-refractivity contribution in [1.29, 1.82) is 0 Å². The van der Waals surface area contributed by atoms with Crippen molar-refractivity contribution in [3.63, 3.8) is 0 Å². The van der Waals surface area contributed by atoms with Crippen LogP contribution in [0.5, 0.6) is 0 Å². The molecule has 1 atom stereocenters. The molecule has 0 aliphatic carbocycles. The SMILES string of the molecule is O=C(C1CC(=O)N(c2cccc3cccnc23)C1)N1CCC2(CC1)OCCO2. The first-order valence-corrected chi connectivity index (χ1v) is 9.86. The average molecular weight is 381 g/mol. The van der Waals surface area contributed by atoms with Gasteiger partial charge in [-0.15, -0.1) is 0 Å². The summed E-state index contributed by atoms with van der Waals surface area (Å²) in [7, 11) is 0. The summed E-state index contributed by atoms with van der Waals surface area (Å²) in [6.07, 6.45) is 3.36. The van der Waals surface area contributed by atoms with Gasteiger partial charge in [-0.05, 0) is 12.1 Å². The topological polar surface area (TPSA) is 72.0 Å². The van der Waals surface area contributed by atoms with Gasteiger partial charge in [0, 0.05) is 50.5 Å². The molecule has 1 unspecified atom stereocenters. The summed E-state index contributed by atoms with van der Waals surface area (Å²) in [4.78, 5) is 33.8. The summed E-state index contributed by atoms with van der Waals surface area (Å²) < 4.78 is 11.5. The van der Waals surface area contributed by atoms with E-state index in [1.807, 2.05) is 35.2 Å². The van der Waals surface area contributed by atoms with Gasteiger partial charge in [-0.2, -0.15) is 0 Å². The number of aromatic nitrogens is 1. The molecule has 7 heteroatoms. The molecule has 0 bridgehead atoms. The Labute approximate surface area is 163 Å². The Morgan fingerprint density at radius 1 is 1.11 bits per heavy atom. The van der Waals surface area contributed by atoms with E-state index in [0.29, 0.717) is 45.7 Å². The number of hydrogen-bond donors (Lipinski definition) is 0. The lowest BCUT2D eigenvalue weighted by atomic mass is 10.0. The second-order valence-corrected chi connectivity index (χ2v) is 7.69. The van der Waals surface area contributed by atoms with E-state index >= 15 is 0 Å². The van der Waals surface area contributed by atoms with Crippen molar-refractivity contribution >= 4 is 28.4 Å². The zero-order valence-corrected chi connectivity index (χ0v) is 15.7. The van der Waals surface area contributed by atoms with Crippen LogP contribution in [0.25, 0.3) is 10.9 Å². The maximum absolute atomic E-state index is 13.0. The van der Waals surface area contributed by atoms with Crippen molar-refractivity contribution in [2.24, 2.45) is 5.92 Å². The van der Waals surface area contributed by atoms with Gasteiger partial charge in [0.15, 0.2) is 5.79 Å². The van der Waals surface area contributed by atoms with Crippen LogP contribution in [0.1, 0.15) is 19.3 Å². The minimum absolute atomic E-state index is 0.0209. The lowest BCUT2D eigenvalue weighted by Crippen LogP contribution is -2.49. The number of nitrogens with zero attached hydrogens (tertiary/aromatic N) is 3. The van der Waals surface area contributed by atoms with Crippen molar-refractivity contribution in [2.75, 3.05) is 37.7 Å². The van der Waals surface area contributed by atoms with E-state index < -0.39 is 5.79 Å². The van der Waals surface area contributed by atoms with E-state index in [-0.39, 0.29) is 24.2 Å². The number of hydrogen-bond acceptors (Lipinski definition) is 5. The number of ether oxygens (including phenoxy) is 2. The van der Waals surface area contributed by atoms with Gasteiger partial charge < -0.3 is 19.3 Å². The number of pyridine rings is 1. The summed E-state index contributed by atoms with van der Waals surface area (Å²) >= 11 is 0. The number of para-hydroxylation sites is 1. The number of amides is 2. The summed E-state index contributed by atoms with van der Waals surface area (Å²) in [5.74, 6) is -0.779. The van der Waals surface area contributed by atoms with Gasteiger partial charge in [0.25, 0.3) is 0 Å². The number of piperidine rings is 1. The molecule has 3 fully saturated rings. The first-order valence-electron chi connectivity index (χ1n) is 9.86. The van der Waals surface area contributed by atoms with Gasteiger partial charge in [0.1, 0.15) is 0 Å². The van der Waals surface area contributed by atoms with Crippen LogP contribution in [0.3, 0.4) is 0 Å². The quantitative estimate of drug-likeness (QED) is 0.795. The number of likely N-dealkylation sites (tertiary alicyclic amines) is 1. The Hall–Kier alpha value is -2.51. The largest absolute Gasteiger partial charge is 0.347 e. The number of anilines is 1. The van der Waals surface area contributed by atoms with Gasteiger partial charge in [-0.25, -0.2) is 0 Å². The molecule has 0 radical (unpaired) electrons. The molecule has 3 saturated heterocycles. The van der Waals surface area contributed by atoms with Crippen molar-refractivity contribution < 1.29 is 19.1 Å². The first-order chi connectivity index (χ1) is 13.7. The number of carbonyl (C=O) groups excluding carboxylic acids is 2. The minimum Gasteiger partial charge on any atom is -0.347 e. The van der Waals surface area contributed by atoms with Crippen LogP contribution in [0, 0.1) is 5.92 Å². The van der Waals surface area contributed by atoms with E-state index in [2.05, 4.69) is 4.98 Å². The predicted molar refractivity (Wildman–Crippen MR) is 103 cm³/mol. The highest BCUT2D eigenvalue weighted by molar-refractivity contribution is 6.05. The molecule has 0 saturated carbocycles. The standard InChI is InChI=1S/C21H23N3O4/c25-18-13-16(20(26)23-9-6-21(7-10-23)27-11-12-28-21)14-24(18)17-5-1-3-15-4-2-8-22-19(15)17/h1-5,8,16H,6-7,9-14H2. The van der Waals surface area contributed by atoms with E-state index in [4.69, 9.17) is 9.47 Å².